The van der Waals surface area contributed by atoms with Crippen molar-refractivity contribution in [3.8, 4) is 0 Å². The zero-order chi connectivity index (χ0) is 12.3. The lowest BCUT2D eigenvalue weighted by Gasteiger charge is -2.17. The molecule has 92 valence electrons. The van der Waals surface area contributed by atoms with Crippen LogP contribution in [0.1, 0.15) is 11.1 Å². The van der Waals surface area contributed by atoms with Gasteiger partial charge in [-0.25, -0.2) is 8.78 Å². The molecule has 3 nitrogen and oxygen atoms in total. The van der Waals surface area contributed by atoms with E-state index in [4.69, 9.17) is 10.1 Å². The minimum atomic E-state index is -2.43. The third-order valence-electron chi connectivity index (χ3n) is 2.70. The summed E-state index contributed by atoms with van der Waals surface area (Å²) in [5.74, 6) is 0.446. The maximum Gasteiger partial charge on any atom is 0.261 e. The molecule has 0 unspecified atom stereocenters. The largest absolute Gasteiger partial charge is 0.374 e. The van der Waals surface area contributed by atoms with Crippen LogP contribution in [0.3, 0.4) is 0 Å². The van der Waals surface area contributed by atoms with E-state index < -0.39 is 13.0 Å². The van der Waals surface area contributed by atoms with Gasteiger partial charge in [-0.1, -0.05) is 24.3 Å². The fourth-order valence-corrected chi connectivity index (χ4v) is 1.88. The van der Waals surface area contributed by atoms with Crippen LogP contribution in [0.15, 0.2) is 24.3 Å². The Kier molecular flexibility index (Phi) is 3.68. The molecular formula is C12H14F2N2O. The molecule has 17 heavy (non-hydrogen) atoms. The summed E-state index contributed by atoms with van der Waals surface area (Å²) in [7, 11) is 0. The molecule has 0 fully saturated rings. The molecule has 1 heterocycles. The number of nitrogens with zero attached hydrogens (tertiary/aromatic N) is 1. The maximum absolute atomic E-state index is 11.8. The third-order valence-corrected chi connectivity index (χ3v) is 2.70. The fraction of sp³-hybridized carbons (Fsp3) is 0.417. The van der Waals surface area contributed by atoms with Crippen molar-refractivity contribution in [1.82, 2.24) is 4.90 Å². The molecule has 0 aromatic heterocycles. The zero-order valence-electron chi connectivity index (χ0n) is 9.33. The van der Waals surface area contributed by atoms with E-state index in [9.17, 15) is 8.78 Å². The molecule has 1 aromatic rings. The molecule has 0 radical (unpaired) electrons. The molecule has 0 saturated heterocycles. The van der Waals surface area contributed by atoms with E-state index in [1.165, 1.54) is 0 Å². The molecule has 1 aliphatic rings. The van der Waals surface area contributed by atoms with E-state index in [0.29, 0.717) is 18.9 Å². The normalized spacial score (nSPS) is 14.5. The number of hydrogen-bond donors (Lipinski definition) is 1. The van der Waals surface area contributed by atoms with Gasteiger partial charge in [0.25, 0.3) is 6.43 Å². The Morgan fingerprint density at radius 1 is 1.35 bits per heavy atom. The van der Waals surface area contributed by atoms with Gasteiger partial charge in [0.1, 0.15) is 12.4 Å². The Morgan fingerprint density at radius 3 is 2.82 bits per heavy atom. The van der Waals surface area contributed by atoms with Crippen molar-refractivity contribution in [2.75, 3.05) is 19.8 Å². The molecule has 0 saturated carbocycles. The minimum Gasteiger partial charge on any atom is -0.374 e. The Bertz CT molecular complexity index is 409. The van der Waals surface area contributed by atoms with Crippen molar-refractivity contribution in [3.05, 3.63) is 35.4 Å². The summed E-state index contributed by atoms with van der Waals surface area (Å²) in [6.45, 7) is 0.822. The quantitative estimate of drug-likeness (QED) is 0.800. The smallest absolute Gasteiger partial charge is 0.261 e. The molecule has 1 aromatic carbocycles. The van der Waals surface area contributed by atoms with Crippen molar-refractivity contribution in [2.24, 2.45) is 0 Å². The lowest BCUT2D eigenvalue weighted by atomic mass is 10.1. The van der Waals surface area contributed by atoms with E-state index in [2.05, 4.69) is 0 Å². The summed E-state index contributed by atoms with van der Waals surface area (Å²) in [6.07, 6.45) is -2.43. The van der Waals surface area contributed by atoms with Crippen LogP contribution in [0.2, 0.25) is 0 Å². The van der Waals surface area contributed by atoms with Gasteiger partial charge >= 0.3 is 0 Å². The molecule has 1 aliphatic heterocycles. The van der Waals surface area contributed by atoms with Gasteiger partial charge in [-0.3, -0.25) is 5.41 Å². The number of fused-ring (bicyclic) bond motifs is 1. The Morgan fingerprint density at radius 2 is 2.12 bits per heavy atom. The molecule has 5 heteroatoms. The number of rotatable bonds is 5. The standard InChI is InChI=1S/C12H14F2N2O/c13-11(14)8-17-6-5-16-7-9-3-1-2-4-10(9)12(16)15/h1-4,11,15H,5-8H2. The van der Waals surface area contributed by atoms with Gasteiger partial charge in [0, 0.05) is 18.7 Å². The average Bonchev–Trinajstić information content (AvgIpc) is 2.63. The highest BCUT2D eigenvalue weighted by Gasteiger charge is 2.22. The average molecular weight is 240 g/mol. The third kappa shape index (κ3) is 2.79. The Balaban J connectivity index is 1.84. The van der Waals surface area contributed by atoms with Crippen LogP contribution < -0.4 is 0 Å². The molecule has 2 rings (SSSR count). The predicted octanol–water partition coefficient (Wildman–Crippen LogP) is 2.11. The monoisotopic (exact) mass is 240 g/mol. The first-order valence-electron chi connectivity index (χ1n) is 5.46. The van der Waals surface area contributed by atoms with Crippen LogP contribution in [0.5, 0.6) is 0 Å². The fourth-order valence-electron chi connectivity index (χ4n) is 1.88. The topological polar surface area (TPSA) is 36.3 Å². The lowest BCUT2D eigenvalue weighted by Crippen LogP contribution is -2.28. The molecule has 0 aliphatic carbocycles. The second-order valence-electron chi connectivity index (χ2n) is 3.89. The van der Waals surface area contributed by atoms with Gasteiger partial charge in [0.15, 0.2) is 0 Å². The summed E-state index contributed by atoms with van der Waals surface area (Å²) in [6, 6.07) is 7.70. The van der Waals surface area contributed by atoms with Gasteiger partial charge in [-0.15, -0.1) is 0 Å². The van der Waals surface area contributed by atoms with Crippen molar-refractivity contribution in [2.45, 2.75) is 13.0 Å². The molecule has 0 atom stereocenters. The lowest BCUT2D eigenvalue weighted by molar-refractivity contribution is 0.0140. The van der Waals surface area contributed by atoms with Crippen LogP contribution in [0.4, 0.5) is 8.78 Å². The first kappa shape index (κ1) is 12.0. The SMILES string of the molecule is N=C1c2ccccc2CN1CCOCC(F)F. The van der Waals surface area contributed by atoms with Crippen LogP contribution >= 0.6 is 0 Å². The highest BCUT2D eigenvalue weighted by molar-refractivity contribution is 6.00. The second kappa shape index (κ2) is 5.23. The number of amidine groups is 1. The van der Waals surface area contributed by atoms with E-state index >= 15 is 0 Å². The number of hydrogen-bond acceptors (Lipinski definition) is 2. The number of alkyl halides is 2. The predicted molar refractivity (Wildman–Crippen MR) is 60.5 cm³/mol. The van der Waals surface area contributed by atoms with E-state index in [0.717, 1.165) is 11.1 Å². The van der Waals surface area contributed by atoms with Gasteiger partial charge in [0.05, 0.1) is 6.61 Å². The van der Waals surface area contributed by atoms with Gasteiger partial charge in [0.2, 0.25) is 0 Å². The summed E-state index contributed by atoms with van der Waals surface area (Å²) < 4.78 is 28.5. The Labute approximate surface area is 98.5 Å². The minimum absolute atomic E-state index is 0.223. The summed E-state index contributed by atoms with van der Waals surface area (Å²) in [5.41, 5.74) is 2.02. The van der Waals surface area contributed by atoms with Crippen molar-refractivity contribution >= 4 is 5.84 Å². The zero-order valence-corrected chi connectivity index (χ0v) is 9.33. The summed E-state index contributed by atoms with van der Waals surface area (Å²) >= 11 is 0. The van der Waals surface area contributed by atoms with Crippen LogP contribution in [0.25, 0.3) is 0 Å². The summed E-state index contributed by atoms with van der Waals surface area (Å²) in [5, 5.41) is 7.93. The van der Waals surface area contributed by atoms with Gasteiger partial charge in [-0.2, -0.15) is 0 Å². The molecule has 0 bridgehead atoms. The highest BCUT2D eigenvalue weighted by atomic mass is 19.3. The van der Waals surface area contributed by atoms with E-state index in [1.54, 1.807) is 0 Å². The number of nitrogens with one attached hydrogen (secondary N) is 1. The summed E-state index contributed by atoms with van der Waals surface area (Å²) in [4.78, 5) is 1.83. The highest BCUT2D eigenvalue weighted by Crippen LogP contribution is 2.21. The number of benzene rings is 1. The van der Waals surface area contributed by atoms with Crippen molar-refractivity contribution < 1.29 is 13.5 Å². The van der Waals surface area contributed by atoms with Crippen LogP contribution in [0, 0.1) is 5.41 Å². The van der Waals surface area contributed by atoms with E-state index in [1.807, 2.05) is 29.2 Å². The second-order valence-corrected chi connectivity index (χ2v) is 3.89. The first-order chi connectivity index (χ1) is 8.18. The molecule has 0 amide bonds. The molecule has 1 N–H and O–H groups in total. The Hall–Kier alpha value is -1.49. The van der Waals surface area contributed by atoms with Gasteiger partial charge < -0.3 is 9.64 Å². The van der Waals surface area contributed by atoms with Crippen LogP contribution in [-0.4, -0.2) is 36.9 Å². The molecule has 0 spiro atoms. The van der Waals surface area contributed by atoms with Crippen LogP contribution in [-0.2, 0) is 11.3 Å². The number of halogens is 2. The van der Waals surface area contributed by atoms with Crippen molar-refractivity contribution in [1.29, 1.82) is 5.41 Å². The van der Waals surface area contributed by atoms with E-state index in [-0.39, 0.29) is 6.61 Å². The van der Waals surface area contributed by atoms with Crippen molar-refractivity contribution in [3.63, 3.8) is 0 Å². The maximum atomic E-state index is 11.8. The van der Waals surface area contributed by atoms with Gasteiger partial charge in [-0.05, 0) is 5.56 Å². The first-order valence-corrected chi connectivity index (χ1v) is 5.46. The molecular weight excluding hydrogens is 226 g/mol. The number of ether oxygens (including phenoxy) is 1.